The van der Waals surface area contributed by atoms with Gasteiger partial charge in [-0.15, -0.1) is 0 Å². The molecule has 0 aromatic heterocycles. The first-order valence-corrected chi connectivity index (χ1v) is 8.63. The lowest BCUT2D eigenvalue weighted by atomic mass is 9.85. The Hall–Kier alpha value is 0. The molecule has 0 heterocycles. The zero-order valence-corrected chi connectivity index (χ0v) is 13.4. The molecule has 0 aromatic carbocycles. The molecule has 1 saturated carbocycles. The average molecular weight is 252 g/mol. The summed E-state index contributed by atoms with van der Waals surface area (Å²) in [6, 6.07) is 0. The lowest BCUT2D eigenvalue weighted by molar-refractivity contribution is 0.312. The molecule has 0 heteroatoms. The van der Waals surface area contributed by atoms with Gasteiger partial charge in [0, 0.05) is 0 Å². The van der Waals surface area contributed by atoms with Gasteiger partial charge >= 0.3 is 0 Å². The lowest BCUT2D eigenvalue weighted by Gasteiger charge is -2.20. The van der Waals surface area contributed by atoms with Gasteiger partial charge in [-0.1, -0.05) is 91.9 Å². The van der Waals surface area contributed by atoms with Crippen molar-refractivity contribution in [3.8, 4) is 0 Å². The molecule has 0 amide bonds. The first-order valence-electron chi connectivity index (χ1n) is 8.63. The molecule has 108 valence electrons. The lowest BCUT2D eigenvalue weighted by Crippen LogP contribution is -2.08. The highest BCUT2D eigenvalue weighted by Gasteiger charge is 2.17. The minimum Gasteiger partial charge on any atom is -0.0654 e. The van der Waals surface area contributed by atoms with Gasteiger partial charge in [0.05, 0.1) is 0 Å². The van der Waals surface area contributed by atoms with Crippen LogP contribution in [0, 0.1) is 23.7 Å². The number of hydrogen-bond donors (Lipinski definition) is 0. The van der Waals surface area contributed by atoms with Gasteiger partial charge in [0.2, 0.25) is 0 Å². The molecular formula is C18H36. The molecule has 1 rings (SSSR count). The third-order valence-corrected chi connectivity index (χ3v) is 5.36. The molecule has 0 aromatic rings. The Balaban J connectivity index is 2.12. The first kappa shape index (κ1) is 16.1. The fourth-order valence-corrected chi connectivity index (χ4v) is 3.61. The molecule has 0 nitrogen and oxygen atoms in total. The molecule has 0 spiro atoms. The van der Waals surface area contributed by atoms with Crippen LogP contribution >= 0.6 is 0 Å². The van der Waals surface area contributed by atoms with Crippen molar-refractivity contribution in [2.75, 3.05) is 0 Å². The maximum absolute atomic E-state index is 2.47. The van der Waals surface area contributed by atoms with Crippen molar-refractivity contribution in [1.82, 2.24) is 0 Å². The second-order valence-electron chi connectivity index (χ2n) is 7.15. The molecule has 0 radical (unpaired) electrons. The van der Waals surface area contributed by atoms with Crippen LogP contribution in [-0.4, -0.2) is 0 Å². The normalized spacial score (nSPS) is 28.7. The van der Waals surface area contributed by atoms with E-state index >= 15 is 0 Å². The predicted molar refractivity (Wildman–Crippen MR) is 82.8 cm³/mol. The summed E-state index contributed by atoms with van der Waals surface area (Å²) < 4.78 is 0. The van der Waals surface area contributed by atoms with E-state index in [1.807, 2.05) is 0 Å². The van der Waals surface area contributed by atoms with Crippen molar-refractivity contribution in [3.63, 3.8) is 0 Å². The highest BCUT2D eigenvalue weighted by Crippen LogP contribution is 2.31. The fourth-order valence-electron chi connectivity index (χ4n) is 3.61. The number of rotatable bonds is 7. The third-order valence-electron chi connectivity index (χ3n) is 5.36. The smallest absolute Gasteiger partial charge is 0.0414 e. The summed E-state index contributed by atoms with van der Waals surface area (Å²) in [5.74, 6) is 3.93. The molecule has 4 unspecified atom stereocenters. The van der Waals surface area contributed by atoms with Crippen molar-refractivity contribution >= 4 is 0 Å². The van der Waals surface area contributed by atoms with Gasteiger partial charge < -0.3 is 0 Å². The van der Waals surface area contributed by atoms with E-state index < -0.39 is 0 Å². The summed E-state index contributed by atoms with van der Waals surface area (Å²) in [6.45, 7) is 9.67. The van der Waals surface area contributed by atoms with Crippen LogP contribution in [0.1, 0.15) is 91.9 Å². The molecule has 1 fully saturated rings. The van der Waals surface area contributed by atoms with E-state index in [0.717, 1.165) is 23.7 Å². The molecule has 4 atom stereocenters. The van der Waals surface area contributed by atoms with Crippen molar-refractivity contribution in [2.24, 2.45) is 23.7 Å². The highest BCUT2D eigenvalue weighted by molar-refractivity contribution is 4.69. The highest BCUT2D eigenvalue weighted by atomic mass is 14.2. The molecule has 18 heavy (non-hydrogen) atoms. The quantitative estimate of drug-likeness (QED) is 0.457. The van der Waals surface area contributed by atoms with Crippen LogP contribution < -0.4 is 0 Å². The van der Waals surface area contributed by atoms with E-state index in [9.17, 15) is 0 Å². The predicted octanol–water partition coefficient (Wildman–Crippen LogP) is 6.45. The minimum absolute atomic E-state index is 0.934. The van der Waals surface area contributed by atoms with Crippen LogP contribution in [0.4, 0.5) is 0 Å². The van der Waals surface area contributed by atoms with Crippen LogP contribution in [-0.2, 0) is 0 Å². The van der Waals surface area contributed by atoms with Crippen LogP contribution in [0.3, 0.4) is 0 Å². The maximum Gasteiger partial charge on any atom is -0.0414 e. The van der Waals surface area contributed by atoms with E-state index in [1.165, 1.54) is 64.2 Å². The minimum atomic E-state index is 0.934. The van der Waals surface area contributed by atoms with E-state index in [4.69, 9.17) is 0 Å². The second kappa shape index (κ2) is 8.99. The van der Waals surface area contributed by atoms with Crippen LogP contribution in [0.5, 0.6) is 0 Å². The van der Waals surface area contributed by atoms with E-state index in [-0.39, 0.29) is 0 Å². The summed E-state index contributed by atoms with van der Waals surface area (Å²) in [4.78, 5) is 0. The van der Waals surface area contributed by atoms with Gasteiger partial charge in [-0.2, -0.15) is 0 Å². The van der Waals surface area contributed by atoms with E-state index in [1.54, 1.807) is 0 Å². The monoisotopic (exact) mass is 252 g/mol. The van der Waals surface area contributed by atoms with Gasteiger partial charge in [0.1, 0.15) is 0 Å². The van der Waals surface area contributed by atoms with Crippen molar-refractivity contribution < 1.29 is 0 Å². The summed E-state index contributed by atoms with van der Waals surface area (Å²) in [7, 11) is 0. The number of hydrogen-bond acceptors (Lipinski definition) is 0. The van der Waals surface area contributed by atoms with Gasteiger partial charge in [-0.05, 0) is 23.7 Å². The Morgan fingerprint density at radius 3 is 2.39 bits per heavy atom. The van der Waals surface area contributed by atoms with Gasteiger partial charge in [0.25, 0.3) is 0 Å². The molecule has 0 aliphatic heterocycles. The summed E-state index contributed by atoms with van der Waals surface area (Å²) in [5, 5.41) is 0. The zero-order chi connectivity index (χ0) is 13.4. The largest absolute Gasteiger partial charge is 0.0654 e. The zero-order valence-electron chi connectivity index (χ0n) is 13.4. The maximum atomic E-state index is 2.47. The molecule has 0 N–H and O–H groups in total. The van der Waals surface area contributed by atoms with Crippen LogP contribution in [0.15, 0.2) is 0 Å². The fraction of sp³-hybridized carbons (Fsp3) is 1.00. The summed E-state index contributed by atoms with van der Waals surface area (Å²) in [6.07, 6.45) is 14.7. The Morgan fingerprint density at radius 1 is 0.944 bits per heavy atom. The molecule has 0 bridgehead atoms. The standard InChI is InChI=1S/C18H36/c1-5-8-16(3)17(4)10-7-12-18-11-6-9-15(2)13-14-18/h15-18H,5-14H2,1-4H3. The van der Waals surface area contributed by atoms with E-state index in [2.05, 4.69) is 27.7 Å². The van der Waals surface area contributed by atoms with Crippen molar-refractivity contribution in [1.29, 1.82) is 0 Å². The molecular weight excluding hydrogens is 216 g/mol. The first-order chi connectivity index (χ1) is 8.63. The molecule has 1 aliphatic carbocycles. The topological polar surface area (TPSA) is 0 Å². The average Bonchev–Trinajstić information content (AvgIpc) is 2.54. The van der Waals surface area contributed by atoms with Crippen LogP contribution in [0.25, 0.3) is 0 Å². The molecule has 0 saturated heterocycles. The Kier molecular flexibility index (Phi) is 8.02. The van der Waals surface area contributed by atoms with Crippen LogP contribution in [0.2, 0.25) is 0 Å². The van der Waals surface area contributed by atoms with Gasteiger partial charge in [-0.25, -0.2) is 0 Å². The summed E-state index contributed by atoms with van der Waals surface area (Å²) in [5.41, 5.74) is 0. The Labute approximate surface area is 116 Å². The Bertz CT molecular complexity index is 196. The van der Waals surface area contributed by atoms with Crippen molar-refractivity contribution in [3.05, 3.63) is 0 Å². The van der Waals surface area contributed by atoms with Crippen molar-refractivity contribution in [2.45, 2.75) is 91.9 Å². The summed E-state index contributed by atoms with van der Waals surface area (Å²) >= 11 is 0. The molecule has 1 aliphatic rings. The second-order valence-corrected chi connectivity index (χ2v) is 7.15. The Morgan fingerprint density at radius 2 is 1.67 bits per heavy atom. The van der Waals surface area contributed by atoms with Gasteiger partial charge in [0.15, 0.2) is 0 Å². The third kappa shape index (κ3) is 6.25. The van der Waals surface area contributed by atoms with E-state index in [0.29, 0.717) is 0 Å². The SMILES string of the molecule is CCCC(C)C(C)CCCC1CCCC(C)CC1. The van der Waals surface area contributed by atoms with Gasteiger partial charge in [-0.3, -0.25) is 0 Å².